The number of likely N-dealkylation sites (tertiary alicyclic amines) is 1. The van der Waals surface area contributed by atoms with E-state index < -0.39 is 11.9 Å². The molecule has 1 amide bonds. The summed E-state index contributed by atoms with van der Waals surface area (Å²) in [7, 11) is 0. The molecule has 21 heavy (non-hydrogen) atoms. The fraction of sp³-hybridized carbons (Fsp3) is 0.500. The number of hydrogen-bond donors (Lipinski definition) is 1. The van der Waals surface area contributed by atoms with Crippen molar-refractivity contribution in [2.24, 2.45) is 5.92 Å². The molecule has 1 aliphatic rings. The van der Waals surface area contributed by atoms with Crippen molar-refractivity contribution < 1.29 is 14.7 Å². The van der Waals surface area contributed by atoms with Gasteiger partial charge < -0.3 is 10.0 Å². The van der Waals surface area contributed by atoms with Crippen LogP contribution in [-0.4, -0.2) is 28.4 Å². The molecule has 0 spiro atoms. The number of aliphatic carboxylic acids is 1. The number of halogens is 1. The van der Waals surface area contributed by atoms with Crippen molar-refractivity contribution in [2.75, 3.05) is 6.54 Å². The quantitative estimate of drug-likeness (QED) is 0.899. The van der Waals surface area contributed by atoms with Gasteiger partial charge >= 0.3 is 5.97 Å². The van der Waals surface area contributed by atoms with E-state index in [1.807, 2.05) is 31.2 Å². The van der Waals surface area contributed by atoms with E-state index >= 15 is 0 Å². The average Bonchev–Trinajstić information content (AvgIpc) is 2.61. The molecule has 1 fully saturated rings. The predicted octanol–water partition coefficient (Wildman–Crippen LogP) is 3.61. The van der Waals surface area contributed by atoms with E-state index in [1.54, 1.807) is 4.90 Å². The molecule has 1 N–H and O–H groups in total. The van der Waals surface area contributed by atoms with Crippen LogP contribution in [0.2, 0.25) is 0 Å². The highest BCUT2D eigenvalue weighted by Gasteiger charge is 2.38. The molecule has 1 saturated heterocycles. The number of benzene rings is 1. The fourth-order valence-electron chi connectivity index (χ4n) is 2.98. The van der Waals surface area contributed by atoms with Crippen LogP contribution in [0.5, 0.6) is 0 Å². The van der Waals surface area contributed by atoms with Gasteiger partial charge in [0.1, 0.15) is 0 Å². The largest absolute Gasteiger partial charge is 0.481 e. The first-order valence-corrected chi connectivity index (χ1v) is 8.11. The molecule has 1 heterocycles. The SMILES string of the molecule is CCCN1C(=O)CCCC(C(=O)O)C1c1ccc(Br)cc1. The molecule has 0 aliphatic carbocycles. The number of rotatable bonds is 4. The van der Waals surface area contributed by atoms with Gasteiger partial charge in [-0.25, -0.2) is 0 Å². The molecule has 2 rings (SSSR count). The van der Waals surface area contributed by atoms with Gasteiger partial charge in [-0.3, -0.25) is 9.59 Å². The van der Waals surface area contributed by atoms with Gasteiger partial charge in [0.15, 0.2) is 0 Å². The highest BCUT2D eigenvalue weighted by molar-refractivity contribution is 9.10. The lowest BCUT2D eigenvalue weighted by Crippen LogP contribution is -2.39. The van der Waals surface area contributed by atoms with Gasteiger partial charge in [-0.1, -0.05) is 35.0 Å². The molecule has 1 aromatic carbocycles. The van der Waals surface area contributed by atoms with Crippen LogP contribution in [0.25, 0.3) is 0 Å². The van der Waals surface area contributed by atoms with E-state index in [9.17, 15) is 14.7 Å². The second kappa shape index (κ2) is 7.07. The van der Waals surface area contributed by atoms with Crippen molar-refractivity contribution in [3.8, 4) is 0 Å². The van der Waals surface area contributed by atoms with Gasteiger partial charge in [-0.05, 0) is 37.0 Å². The first-order valence-electron chi connectivity index (χ1n) is 7.32. The van der Waals surface area contributed by atoms with Crippen LogP contribution < -0.4 is 0 Å². The van der Waals surface area contributed by atoms with E-state index in [1.165, 1.54) is 0 Å². The summed E-state index contributed by atoms with van der Waals surface area (Å²) in [5.41, 5.74) is 0.898. The zero-order valence-corrected chi connectivity index (χ0v) is 13.7. The summed E-state index contributed by atoms with van der Waals surface area (Å²) in [5.74, 6) is -1.29. The Morgan fingerprint density at radius 1 is 1.38 bits per heavy atom. The molecule has 0 bridgehead atoms. The summed E-state index contributed by atoms with van der Waals surface area (Å²) in [4.78, 5) is 25.8. The van der Waals surface area contributed by atoms with Crippen LogP contribution in [0.15, 0.2) is 28.7 Å². The Kier molecular flexibility index (Phi) is 5.39. The fourth-order valence-corrected chi connectivity index (χ4v) is 3.25. The minimum absolute atomic E-state index is 0.0634. The topological polar surface area (TPSA) is 57.6 Å². The number of carboxylic acid groups (broad SMARTS) is 1. The van der Waals surface area contributed by atoms with Gasteiger partial charge in [0.2, 0.25) is 5.91 Å². The lowest BCUT2D eigenvalue weighted by molar-refractivity contribution is -0.146. The van der Waals surface area contributed by atoms with E-state index in [-0.39, 0.29) is 11.9 Å². The molecule has 0 radical (unpaired) electrons. The Morgan fingerprint density at radius 2 is 2.05 bits per heavy atom. The summed E-state index contributed by atoms with van der Waals surface area (Å²) in [6.07, 6.45) is 2.45. The molecule has 0 saturated carbocycles. The highest BCUT2D eigenvalue weighted by atomic mass is 79.9. The zero-order chi connectivity index (χ0) is 15.4. The molecule has 2 unspecified atom stereocenters. The molecular formula is C16H20BrNO3. The summed E-state index contributed by atoms with van der Waals surface area (Å²) in [5, 5.41) is 9.57. The molecule has 2 atom stereocenters. The third-order valence-electron chi connectivity index (χ3n) is 3.94. The predicted molar refractivity (Wildman–Crippen MR) is 83.9 cm³/mol. The number of carbonyl (C=O) groups excluding carboxylic acids is 1. The smallest absolute Gasteiger partial charge is 0.308 e. The van der Waals surface area contributed by atoms with Gasteiger partial charge in [0.25, 0.3) is 0 Å². The summed E-state index contributed by atoms with van der Waals surface area (Å²) in [6.45, 7) is 2.61. The standard InChI is InChI=1S/C16H20BrNO3/c1-2-10-18-14(19)5-3-4-13(16(20)21)15(18)11-6-8-12(17)9-7-11/h6-9,13,15H,2-5,10H2,1H3,(H,20,21). The van der Waals surface area contributed by atoms with Crippen LogP contribution in [-0.2, 0) is 9.59 Å². The number of nitrogens with zero attached hydrogens (tertiary/aromatic N) is 1. The number of amides is 1. The molecule has 0 aromatic heterocycles. The van der Waals surface area contributed by atoms with Crippen LogP contribution in [0.1, 0.15) is 44.2 Å². The maximum absolute atomic E-state index is 12.3. The second-order valence-corrected chi connectivity index (χ2v) is 6.34. The van der Waals surface area contributed by atoms with Gasteiger partial charge in [-0.15, -0.1) is 0 Å². The van der Waals surface area contributed by atoms with Crippen LogP contribution in [0.4, 0.5) is 0 Å². The van der Waals surface area contributed by atoms with Crippen LogP contribution >= 0.6 is 15.9 Å². The Hall–Kier alpha value is -1.36. The van der Waals surface area contributed by atoms with E-state index in [0.717, 1.165) is 16.5 Å². The van der Waals surface area contributed by atoms with Crippen molar-refractivity contribution in [1.82, 2.24) is 4.90 Å². The maximum Gasteiger partial charge on any atom is 0.308 e. The number of carboxylic acids is 1. The summed E-state index contributed by atoms with van der Waals surface area (Å²) < 4.78 is 0.945. The van der Waals surface area contributed by atoms with Gasteiger partial charge in [-0.2, -0.15) is 0 Å². The minimum Gasteiger partial charge on any atom is -0.481 e. The van der Waals surface area contributed by atoms with Crippen molar-refractivity contribution in [1.29, 1.82) is 0 Å². The highest BCUT2D eigenvalue weighted by Crippen LogP contribution is 2.36. The van der Waals surface area contributed by atoms with Crippen LogP contribution in [0, 0.1) is 5.92 Å². The van der Waals surface area contributed by atoms with E-state index in [4.69, 9.17) is 0 Å². The Labute approximate surface area is 133 Å². The summed E-state index contributed by atoms with van der Waals surface area (Å²) in [6, 6.07) is 7.24. The van der Waals surface area contributed by atoms with Crippen molar-refractivity contribution in [3.63, 3.8) is 0 Å². The van der Waals surface area contributed by atoms with Gasteiger partial charge in [0.05, 0.1) is 12.0 Å². The molecule has 114 valence electrons. The monoisotopic (exact) mass is 353 g/mol. The normalized spacial score (nSPS) is 23.0. The third-order valence-corrected chi connectivity index (χ3v) is 4.46. The lowest BCUT2D eigenvalue weighted by Gasteiger charge is -2.33. The molecule has 1 aliphatic heterocycles. The minimum atomic E-state index is -0.821. The molecular weight excluding hydrogens is 334 g/mol. The number of carbonyl (C=O) groups is 2. The van der Waals surface area contributed by atoms with E-state index in [2.05, 4.69) is 15.9 Å². The Morgan fingerprint density at radius 3 is 2.62 bits per heavy atom. The zero-order valence-electron chi connectivity index (χ0n) is 12.1. The van der Waals surface area contributed by atoms with E-state index in [0.29, 0.717) is 25.8 Å². The molecule has 5 heteroatoms. The molecule has 1 aromatic rings. The Bertz CT molecular complexity index is 515. The second-order valence-electron chi connectivity index (χ2n) is 5.42. The van der Waals surface area contributed by atoms with Gasteiger partial charge in [0, 0.05) is 17.4 Å². The molecule has 4 nitrogen and oxygen atoms in total. The van der Waals surface area contributed by atoms with Crippen molar-refractivity contribution >= 4 is 27.8 Å². The lowest BCUT2D eigenvalue weighted by atomic mass is 9.89. The third kappa shape index (κ3) is 3.64. The first-order chi connectivity index (χ1) is 10.0. The van der Waals surface area contributed by atoms with Crippen molar-refractivity contribution in [2.45, 2.75) is 38.6 Å². The van der Waals surface area contributed by atoms with Crippen LogP contribution in [0.3, 0.4) is 0 Å². The summed E-state index contributed by atoms with van der Waals surface area (Å²) >= 11 is 3.39. The number of hydrogen-bond acceptors (Lipinski definition) is 2. The average molecular weight is 354 g/mol. The first kappa shape index (κ1) is 16.0. The Balaban J connectivity index is 2.44. The maximum atomic E-state index is 12.3. The van der Waals surface area contributed by atoms with Crippen molar-refractivity contribution in [3.05, 3.63) is 34.3 Å².